The van der Waals surface area contributed by atoms with Crippen LogP contribution in [0.15, 0.2) is 58.1 Å². The highest BCUT2D eigenvalue weighted by atomic mass is 35.5. The SMILES string of the molecule is CCc1ccccc1Bc1nc2c(c(=O)n(CCCO)c(=O)n2C)n1Cc1ccc(Cl)cc1. The Hall–Kier alpha value is -3.10. The van der Waals surface area contributed by atoms with Gasteiger partial charge in [-0.3, -0.25) is 13.9 Å². The van der Waals surface area contributed by atoms with E-state index in [2.05, 4.69) is 19.1 Å². The van der Waals surface area contributed by atoms with Crippen LogP contribution in [-0.2, 0) is 26.6 Å². The van der Waals surface area contributed by atoms with Gasteiger partial charge < -0.3 is 9.67 Å². The lowest BCUT2D eigenvalue weighted by Crippen LogP contribution is -2.40. The number of aliphatic hydroxyl groups excluding tert-OH is 1. The molecule has 2 aromatic carbocycles. The van der Waals surface area contributed by atoms with E-state index in [1.54, 1.807) is 7.05 Å². The Bertz CT molecular complexity index is 1410. The Morgan fingerprint density at radius 2 is 1.79 bits per heavy atom. The molecule has 0 fully saturated rings. The number of hydrogen-bond donors (Lipinski definition) is 1. The topological polar surface area (TPSA) is 82.1 Å². The number of aliphatic hydroxyl groups is 1. The first-order valence-corrected chi connectivity index (χ1v) is 11.4. The molecular weight excluding hydrogens is 439 g/mol. The Labute approximate surface area is 197 Å². The molecule has 0 bridgehead atoms. The van der Waals surface area contributed by atoms with Crippen molar-refractivity contribution >= 4 is 41.2 Å². The number of imidazole rings is 1. The van der Waals surface area contributed by atoms with Crippen LogP contribution in [0.4, 0.5) is 0 Å². The van der Waals surface area contributed by atoms with Crippen molar-refractivity contribution < 1.29 is 5.11 Å². The predicted molar refractivity (Wildman–Crippen MR) is 134 cm³/mol. The molecule has 170 valence electrons. The minimum Gasteiger partial charge on any atom is -0.396 e. The summed E-state index contributed by atoms with van der Waals surface area (Å²) in [5, 5.41) is 9.87. The fourth-order valence-corrected chi connectivity index (χ4v) is 4.29. The molecule has 4 aromatic rings. The van der Waals surface area contributed by atoms with E-state index in [1.165, 1.54) is 14.7 Å². The normalized spacial score (nSPS) is 11.3. The second-order valence-corrected chi connectivity index (χ2v) is 8.52. The molecule has 0 aliphatic rings. The number of aromatic nitrogens is 4. The van der Waals surface area contributed by atoms with Crippen LogP contribution in [0.3, 0.4) is 0 Å². The van der Waals surface area contributed by atoms with Gasteiger partial charge in [-0.15, -0.1) is 0 Å². The standard InChI is InChI=1S/C24H26BClN4O3/c1-3-17-7-4-5-8-19(17)25-23-27-21-20(30(23)15-16-9-11-18(26)12-10-16)22(32)29(13-6-14-31)24(33)28(21)2/h4-5,7-12,25,31H,3,6,13-15H2,1-2H3. The van der Waals surface area contributed by atoms with E-state index in [0.29, 0.717) is 42.2 Å². The number of aryl methyl sites for hydroxylation is 2. The molecule has 0 unspecified atom stereocenters. The first-order valence-electron chi connectivity index (χ1n) is 11.1. The third-order valence-corrected chi connectivity index (χ3v) is 6.21. The quantitative estimate of drug-likeness (QED) is 0.393. The lowest BCUT2D eigenvalue weighted by Gasteiger charge is -2.12. The first kappa shape index (κ1) is 23.1. The Balaban J connectivity index is 1.94. The van der Waals surface area contributed by atoms with Gasteiger partial charge in [0.2, 0.25) is 7.28 Å². The van der Waals surface area contributed by atoms with E-state index in [0.717, 1.165) is 17.4 Å². The maximum Gasteiger partial charge on any atom is 0.332 e. The molecule has 0 aliphatic heterocycles. The van der Waals surface area contributed by atoms with E-state index in [4.69, 9.17) is 16.6 Å². The van der Waals surface area contributed by atoms with Gasteiger partial charge in [-0.05, 0) is 30.5 Å². The number of hydrogen-bond acceptors (Lipinski definition) is 4. The summed E-state index contributed by atoms with van der Waals surface area (Å²) < 4.78 is 4.51. The predicted octanol–water partition coefficient (Wildman–Crippen LogP) is 0.930. The van der Waals surface area contributed by atoms with Gasteiger partial charge >= 0.3 is 5.69 Å². The third kappa shape index (κ3) is 4.54. The van der Waals surface area contributed by atoms with Crippen LogP contribution in [0, 0.1) is 0 Å². The summed E-state index contributed by atoms with van der Waals surface area (Å²) in [5.74, 6) is 0. The highest BCUT2D eigenvalue weighted by molar-refractivity contribution is 6.66. The van der Waals surface area contributed by atoms with E-state index in [1.807, 2.05) is 41.0 Å². The van der Waals surface area contributed by atoms with Crippen molar-refractivity contribution in [1.29, 1.82) is 0 Å². The molecule has 0 spiro atoms. The lowest BCUT2D eigenvalue weighted by atomic mass is 9.67. The van der Waals surface area contributed by atoms with Crippen LogP contribution in [0.2, 0.25) is 5.02 Å². The average molecular weight is 465 g/mol. The van der Waals surface area contributed by atoms with Gasteiger partial charge in [0.25, 0.3) is 5.56 Å². The first-order chi connectivity index (χ1) is 15.9. The van der Waals surface area contributed by atoms with Crippen LogP contribution >= 0.6 is 11.6 Å². The molecular formula is C24H26BClN4O3. The summed E-state index contributed by atoms with van der Waals surface area (Å²) >= 11 is 6.06. The Morgan fingerprint density at radius 1 is 1.06 bits per heavy atom. The summed E-state index contributed by atoms with van der Waals surface area (Å²) in [5.41, 5.74) is 3.97. The summed E-state index contributed by atoms with van der Waals surface area (Å²) in [7, 11) is 2.17. The minimum atomic E-state index is -0.433. The second kappa shape index (κ2) is 9.81. The van der Waals surface area contributed by atoms with Gasteiger partial charge in [0.05, 0.1) is 5.72 Å². The maximum absolute atomic E-state index is 13.4. The van der Waals surface area contributed by atoms with Gasteiger partial charge in [-0.1, -0.05) is 65.9 Å². The smallest absolute Gasteiger partial charge is 0.332 e. The molecule has 0 saturated carbocycles. The molecule has 0 saturated heterocycles. The van der Waals surface area contributed by atoms with Crippen molar-refractivity contribution in [1.82, 2.24) is 18.7 Å². The summed E-state index contributed by atoms with van der Waals surface area (Å²) in [6.45, 7) is 2.58. The zero-order valence-corrected chi connectivity index (χ0v) is 19.5. The highest BCUT2D eigenvalue weighted by Gasteiger charge is 2.21. The Kier molecular flexibility index (Phi) is 6.86. The van der Waals surface area contributed by atoms with Gasteiger partial charge in [-0.25, -0.2) is 9.78 Å². The fraction of sp³-hybridized carbons (Fsp3) is 0.292. The maximum atomic E-state index is 13.4. The van der Waals surface area contributed by atoms with Gasteiger partial charge in [0, 0.05) is 31.8 Å². The monoisotopic (exact) mass is 464 g/mol. The minimum absolute atomic E-state index is 0.100. The highest BCUT2D eigenvalue weighted by Crippen LogP contribution is 2.13. The molecule has 0 atom stereocenters. The molecule has 2 aromatic heterocycles. The molecule has 0 amide bonds. The van der Waals surface area contributed by atoms with Crippen molar-refractivity contribution in [2.45, 2.75) is 32.9 Å². The number of fused-ring (bicyclic) bond motifs is 1. The van der Waals surface area contributed by atoms with Crippen molar-refractivity contribution in [2.24, 2.45) is 7.05 Å². The van der Waals surface area contributed by atoms with Crippen molar-refractivity contribution in [2.75, 3.05) is 6.61 Å². The van der Waals surface area contributed by atoms with Crippen molar-refractivity contribution in [3.05, 3.63) is 85.5 Å². The zero-order valence-electron chi connectivity index (χ0n) is 18.8. The van der Waals surface area contributed by atoms with Crippen molar-refractivity contribution in [3.8, 4) is 0 Å². The van der Waals surface area contributed by atoms with E-state index >= 15 is 0 Å². The van der Waals surface area contributed by atoms with Crippen LogP contribution in [-0.4, -0.2) is 37.7 Å². The zero-order chi connectivity index (χ0) is 23.5. The van der Waals surface area contributed by atoms with E-state index in [-0.39, 0.29) is 13.2 Å². The van der Waals surface area contributed by atoms with E-state index < -0.39 is 11.2 Å². The average Bonchev–Trinajstić information content (AvgIpc) is 3.17. The molecule has 2 heterocycles. The van der Waals surface area contributed by atoms with Crippen LogP contribution in [0.1, 0.15) is 24.5 Å². The van der Waals surface area contributed by atoms with Crippen LogP contribution in [0.25, 0.3) is 11.2 Å². The van der Waals surface area contributed by atoms with Gasteiger partial charge in [0.15, 0.2) is 11.2 Å². The number of rotatable bonds is 8. The summed E-state index contributed by atoms with van der Waals surface area (Å²) in [6.07, 6.45) is 1.21. The number of halogens is 1. The summed E-state index contributed by atoms with van der Waals surface area (Å²) in [6, 6.07) is 15.7. The van der Waals surface area contributed by atoms with Gasteiger partial charge in [0.1, 0.15) is 0 Å². The van der Waals surface area contributed by atoms with Crippen molar-refractivity contribution in [3.63, 3.8) is 0 Å². The fourth-order valence-electron chi connectivity index (χ4n) is 4.17. The molecule has 9 heteroatoms. The molecule has 33 heavy (non-hydrogen) atoms. The molecule has 7 nitrogen and oxygen atoms in total. The van der Waals surface area contributed by atoms with Crippen LogP contribution < -0.4 is 22.4 Å². The second-order valence-electron chi connectivity index (χ2n) is 8.09. The lowest BCUT2D eigenvalue weighted by molar-refractivity contribution is 0.277. The summed E-state index contributed by atoms with van der Waals surface area (Å²) in [4.78, 5) is 31.1. The molecule has 0 aliphatic carbocycles. The third-order valence-electron chi connectivity index (χ3n) is 5.95. The molecule has 1 N–H and O–H groups in total. The number of benzene rings is 2. The van der Waals surface area contributed by atoms with E-state index in [9.17, 15) is 14.7 Å². The molecule has 4 rings (SSSR count). The largest absolute Gasteiger partial charge is 0.396 e. The number of nitrogens with zero attached hydrogens (tertiary/aromatic N) is 4. The Morgan fingerprint density at radius 3 is 2.48 bits per heavy atom. The van der Waals surface area contributed by atoms with Gasteiger partial charge in [-0.2, -0.15) is 0 Å². The molecule has 0 radical (unpaired) electrons. The van der Waals surface area contributed by atoms with Crippen LogP contribution in [0.5, 0.6) is 0 Å².